The third-order valence-corrected chi connectivity index (χ3v) is 2.64. The van der Waals surface area contributed by atoms with Crippen LogP contribution in [0.4, 0.5) is 0 Å². The van der Waals surface area contributed by atoms with Gasteiger partial charge in [0.05, 0.1) is 0 Å². The maximum atomic E-state index is 11.6. The van der Waals surface area contributed by atoms with E-state index in [1.807, 2.05) is 6.92 Å². The second kappa shape index (κ2) is 5.45. The molecule has 3 heteroatoms. The predicted molar refractivity (Wildman–Crippen MR) is 61.3 cm³/mol. The zero-order chi connectivity index (χ0) is 12.1. The van der Waals surface area contributed by atoms with E-state index in [4.69, 9.17) is 5.11 Å². The highest BCUT2D eigenvalue weighted by molar-refractivity contribution is 6.38. The van der Waals surface area contributed by atoms with Crippen molar-refractivity contribution in [3.8, 4) is 5.75 Å². The van der Waals surface area contributed by atoms with E-state index in [2.05, 4.69) is 0 Å². The molecular formula is C13H16O3. The molecule has 1 aromatic rings. The number of carbonyl (C=O) groups is 2. The first-order valence-corrected chi connectivity index (χ1v) is 5.39. The van der Waals surface area contributed by atoms with E-state index in [9.17, 15) is 9.59 Å². The lowest BCUT2D eigenvalue weighted by Crippen LogP contribution is -2.22. The molecule has 0 saturated carbocycles. The summed E-state index contributed by atoms with van der Waals surface area (Å²) in [5.41, 5.74) is 0.749. The molecule has 0 fully saturated rings. The van der Waals surface area contributed by atoms with Crippen LogP contribution in [0.5, 0.6) is 5.75 Å². The number of carbonyl (C=O) groups excluding carboxylic acids is 2. The summed E-state index contributed by atoms with van der Waals surface area (Å²) in [5, 5.41) is 9.07. The van der Waals surface area contributed by atoms with Crippen LogP contribution in [0.3, 0.4) is 0 Å². The van der Waals surface area contributed by atoms with E-state index in [0.29, 0.717) is 6.42 Å². The molecule has 1 N–H and O–H groups in total. The smallest absolute Gasteiger partial charge is 0.203 e. The molecule has 0 amide bonds. The second-order valence-corrected chi connectivity index (χ2v) is 3.94. The molecular weight excluding hydrogens is 204 g/mol. The number of aromatic hydroxyl groups is 1. The van der Waals surface area contributed by atoms with E-state index in [1.54, 1.807) is 19.1 Å². The Labute approximate surface area is 95.1 Å². The monoisotopic (exact) mass is 220 g/mol. The van der Waals surface area contributed by atoms with Crippen LogP contribution in [-0.2, 0) is 16.0 Å². The molecule has 16 heavy (non-hydrogen) atoms. The van der Waals surface area contributed by atoms with Gasteiger partial charge in [0, 0.05) is 12.3 Å². The number of phenols is 1. The van der Waals surface area contributed by atoms with Crippen molar-refractivity contribution in [2.24, 2.45) is 5.92 Å². The van der Waals surface area contributed by atoms with Crippen molar-refractivity contribution in [1.82, 2.24) is 0 Å². The van der Waals surface area contributed by atoms with Gasteiger partial charge in [-0.1, -0.05) is 26.0 Å². The lowest BCUT2D eigenvalue weighted by molar-refractivity contribution is -0.138. The Kier molecular flexibility index (Phi) is 4.23. The number of hydrogen-bond donors (Lipinski definition) is 1. The quantitative estimate of drug-likeness (QED) is 0.773. The van der Waals surface area contributed by atoms with E-state index >= 15 is 0 Å². The minimum atomic E-state index is -0.361. The van der Waals surface area contributed by atoms with Crippen molar-refractivity contribution < 1.29 is 14.7 Å². The Bertz CT molecular complexity index is 379. The molecule has 1 unspecified atom stereocenters. The summed E-state index contributed by atoms with van der Waals surface area (Å²) in [6.45, 7) is 3.65. The Morgan fingerprint density at radius 2 is 1.81 bits per heavy atom. The summed E-state index contributed by atoms with van der Waals surface area (Å²) >= 11 is 0. The van der Waals surface area contributed by atoms with Crippen LogP contribution in [0.15, 0.2) is 24.3 Å². The van der Waals surface area contributed by atoms with Gasteiger partial charge in [-0.3, -0.25) is 9.59 Å². The minimum absolute atomic E-state index is 0.115. The summed E-state index contributed by atoms with van der Waals surface area (Å²) in [4.78, 5) is 23.1. The SMILES string of the molecule is CCC(C)C(=O)C(=O)Cc1ccc(O)cc1. The van der Waals surface area contributed by atoms with Gasteiger partial charge in [-0.15, -0.1) is 0 Å². The maximum absolute atomic E-state index is 11.6. The van der Waals surface area contributed by atoms with Gasteiger partial charge in [-0.25, -0.2) is 0 Å². The Hall–Kier alpha value is -1.64. The van der Waals surface area contributed by atoms with Gasteiger partial charge in [0.15, 0.2) is 0 Å². The molecule has 0 radical (unpaired) electrons. The molecule has 86 valence electrons. The lowest BCUT2D eigenvalue weighted by atomic mass is 9.96. The molecule has 1 atom stereocenters. The van der Waals surface area contributed by atoms with Crippen LogP contribution in [0.1, 0.15) is 25.8 Å². The Morgan fingerprint density at radius 3 is 2.31 bits per heavy atom. The molecule has 3 nitrogen and oxygen atoms in total. The number of rotatable bonds is 5. The van der Waals surface area contributed by atoms with E-state index in [1.165, 1.54) is 12.1 Å². The van der Waals surface area contributed by atoms with Crippen LogP contribution < -0.4 is 0 Å². The first-order chi connectivity index (χ1) is 7.54. The van der Waals surface area contributed by atoms with Crippen LogP contribution in [0.2, 0.25) is 0 Å². The fraction of sp³-hybridized carbons (Fsp3) is 0.385. The molecule has 0 aromatic heterocycles. The van der Waals surface area contributed by atoms with E-state index in [-0.39, 0.29) is 29.7 Å². The fourth-order valence-electron chi connectivity index (χ4n) is 1.35. The van der Waals surface area contributed by atoms with Gasteiger partial charge in [0.25, 0.3) is 0 Å². The molecule has 0 aliphatic rings. The predicted octanol–water partition coefficient (Wildman–Crippen LogP) is 2.12. The highest BCUT2D eigenvalue weighted by Crippen LogP contribution is 2.12. The summed E-state index contributed by atoms with van der Waals surface area (Å²) in [5.74, 6) is -0.718. The zero-order valence-electron chi connectivity index (χ0n) is 9.56. The fourth-order valence-corrected chi connectivity index (χ4v) is 1.35. The van der Waals surface area contributed by atoms with Crippen LogP contribution in [0, 0.1) is 5.92 Å². The van der Waals surface area contributed by atoms with Crippen molar-refractivity contribution in [3.05, 3.63) is 29.8 Å². The first-order valence-electron chi connectivity index (χ1n) is 5.39. The van der Waals surface area contributed by atoms with Gasteiger partial charge in [-0.2, -0.15) is 0 Å². The summed E-state index contributed by atoms with van der Waals surface area (Å²) in [6, 6.07) is 6.32. The lowest BCUT2D eigenvalue weighted by Gasteiger charge is -2.06. The van der Waals surface area contributed by atoms with Crippen LogP contribution in [-0.4, -0.2) is 16.7 Å². The summed E-state index contributed by atoms with van der Waals surface area (Å²) in [6.07, 6.45) is 0.795. The number of hydrogen-bond acceptors (Lipinski definition) is 3. The molecule has 1 rings (SSSR count). The maximum Gasteiger partial charge on any atom is 0.203 e. The first kappa shape index (κ1) is 12.4. The van der Waals surface area contributed by atoms with Crippen molar-refractivity contribution in [1.29, 1.82) is 0 Å². The van der Waals surface area contributed by atoms with Crippen LogP contribution in [0.25, 0.3) is 0 Å². The summed E-state index contributed by atoms with van der Waals surface area (Å²) in [7, 11) is 0. The van der Waals surface area contributed by atoms with Crippen molar-refractivity contribution in [2.75, 3.05) is 0 Å². The average Bonchev–Trinajstić information content (AvgIpc) is 2.30. The van der Waals surface area contributed by atoms with Crippen molar-refractivity contribution in [2.45, 2.75) is 26.7 Å². The number of Topliss-reactive ketones (excluding diaryl/α,β-unsaturated/α-hetero) is 2. The normalized spacial score (nSPS) is 12.1. The Balaban J connectivity index is 2.64. The molecule has 1 aromatic carbocycles. The van der Waals surface area contributed by atoms with Crippen molar-refractivity contribution >= 4 is 11.6 Å². The second-order valence-electron chi connectivity index (χ2n) is 3.94. The van der Waals surface area contributed by atoms with Crippen LogP contribution >= 0.6 is 0 Å². The molecule has 0 aliphatic carbocycles. The molecule has 0 aliphatic heterocycles. The van der Waals surface area contributed by atoms with Gasteiger partial charge in [-0.05, 0) is 24.1 Å². The molecule has 0 spiro atoms. The van der Waals surface area contributed by atoms with Crippen molar-refractivity contribution in [3.63, 3.8) is 0 Å². The largest absolute Gasteiger partial charge is 0.508 e. The topological polar surface area (TPSA) is 54.4 Å². The highest BCUT2D eigenvalue weighted by Gasteiger charge is 2.19. The third kappa shape index (κ3) is 3.19. The molecule has 0 saturated heterocycles. The number of ketones is 2. The van der Waals surface area contributed by atoms with Gasteiger partial charge in [0.2, 0.25) is 11.6 Å². The van der Waals surface area contributed by atoms with E-state index in [0.717, 1.165) is 5.56 Å². The molecule has 0 bridgehead atoms. The average molecular weight is 220 g/mol. The highest BCUT2D eigenvalue weighted by atomic mass is 16.3. The van der Waals surface area contributed by atoms with Gasteiger partial charge in [0.1, 0.15) is 5.75 Å². The Morgan fingerprint density at radius 1 is 1.25 bits per heavy atom. The number of phenolic OH excluding ortho intramolecular Hbond substituents is 1. The van der Waals surface area contributed by atoms with Gasteiger partial charge >= 0.3 is 0 Å². The zero-order valence-corrected chi connectivity index (χ0v) is 9.56. The summed E-state index contributed by atoms with van der Waals surface area (Å²) < 4.78 is 0. The third-order valence-electron chi connectivity index (χ3n) is 2.64. The van der Waals surface area contributed by atoms with E-state index < -0.39 is 0 Å². The standard InChI is InChI=1S/C13H16O3/c1-3-9(2)13(16)12(15)8-10-4-6-11(14)7-5-10/h4-7,9,14H,3,8H2,1-2H3. The number of benzene rings is 1. The van der Waals surface area contributed by atoms with Gasteiger partial charge < -0.3 is 5.11 Å². The minimum Gasteiger partial charge on any atom is -0.508 e. The molecule has 0 heterocycles.